The third-order valence-electron chi connectivity index (χ3n) is 13.0. The normalized spacial score (nSPS) is 11.5. The van der Waals surface area contributed by atoms with E-state index < -0.39 is 0 Å². The van der Waals surface area contributed by atoms with Gasteiger partial charge in [0.2, 0.25) is 5.95 Å². The molecular formula is C62H40N6. The monoisotopic (exact) mass is 868 g/mol. The van der Waals surface area contributed by atoms with Crippen molar-refractivity contribution in [3.05, 3.63) is 243 Å². The average Bonchev–Trinajstić information content (AvgIpc) is 3.93. The van der Waals surface area contributed by atoms with E-state index in [1.807, 2.05) is 30.3 Å². The summed E-state index contributed by atoms with van der Waals surface area (Å²) >= 11 is 0. The van der Waals surface area contributed by atoms with E-state index in [1.165, 1.54) is 0 Å². The number of aromatic nitrogens is 6. The van der Waals surface area contributed by atoms with Crippen molar-refractivity contribution in [2.75, 3.05) is 0 Å². The highest BCUT2D eigenvalue weighted by Crippen LogP contribution is 2.43. The number of para-hydroxylation sites is 2. The first-order chi connectivity index (χ1) is 33.7. The second-order valence-electron chi connectivity index (χ2n) is 17.0. The van der Waals surface area contributed by atoms with Gasteiger partial charge >= 0.3 is 0 Å². The number of hydrogen-bond acceptors (Lipinski definition) is 4. The molecule has 0 spiro atoms. The fourth-order valence-corrected chi connectivity index (χ4v) is 9.79. The maximum atomic E-state index is 5.41. The summed E-state index contributed by atoms with van der Waals surface area (Å²) in [7, 11) is 0. The molecule has 6 nitrogen and oxygen atoms in total. The summed E-state index contributed by atoms with van der Waals surface area (Å²) in [6.07, 6.45) is 0. The maximum absolute atomic E-state index is 5.41. The Hall–Kier alpha value is -9.26. The Labute approximate surface area is 392 Å². The highest BCUT2D eigenvalue weighted by Gasteiger charge is 2.25. The Morgan fingerprint density at radius 3 is 1.09 bits per heavy atom. The molecule has 0 atom stereocenters. The van der Waals surface area contributed by atoms with Crippen molar-refractivity contribution in [2.45, 2.75) is 0 Å². The predicted molar refractivity (Wildman–Crippen MR) is 279 cm³/mol. The van der Waals surface area contributed by atoms with Crippen LogP contribution in [0, 0.1) is 0 Å². The van der Waals surface area contributed by atoms with Gasteiger partial charge in [-0.25, -0.2) is 19.9 Å². The minimum absolute atomic E-state index is 0.629. The molecule has 0 saturated carbocycles. The van der Waals surface area contributed by atoms with Crippen molar-refractivity contribution in [1.82, 2.24) is 29.1 Å². The lowest BCUT2D eigenvalue weighted by atomic mass is 10.0. The lowest BCUT2D eigenvalue weighted by molar-refractivity contribution is 0.995. The van der Waals surface area contributed by atoms with E-state index in [4.69, 9.17) is 19.9 Å². The van der Waals surface area contributed by atoms with Gasteiger partial charge < -0.3 is 4.57 Å². The summed E-state index contributed by atoms with van der Waals surface area (Å²) < 4.78 is 4.59. The van der Waals surface area contributed by atoms with Gasteiger partial charge in [-0.2, -0.15) is 0 Å². The smallest absolute Gasteiger partial charge is 0.235 e. The van der Waals surface area contributed by atoms with Crippen molar-refractivity contribution in [3.8, 4) is 79.2 Å². The van der Waals surface area contributed by atoms with E-state index >= 15 is 0 Å². The molecule has 0 saturated heterocycles. The van der Waals surface area contributed by atoms with E-state index in [0.717, 1.165) is 111 Å². The summed E-state index contributed by atoms with van der Waals surface area (Å²) in [6, 6.07) is 84.9. The topological polar surface area (TPSA) is 61.4 Å². The van der Waals surface area contributed by atoms with Crippen LogP contribution in [0.2, 0.25) is 0 Å². The zero-order valence-electron chi connectivity index (χ0n) is 36.8. The predicted octanol–water partition coefficient (Wildman–Crippen LogP) is 15.5. The van der Waals surface area contributed by atoms with Gasteiger partial charge in [0.15, 0.2) is 5.82 Å². The van der Waals surface area contributed by atoms with Crippen LogP contribution in [0.5, 0.6) is 0 Å². The van der Waals surface area contributed by atoms with Crippen LogP contribution in [0.4, 0.5) is 0 Å². The highest BCUT2D eigenvalue weighted by atomic mass is 15.2. The van der Waals surface area contributed by atoms with Crippen molar-refractivity contribution >= 4 is 43.6 Å². The minimum Gasteiger partial charge on any atom is -0.305 e. The molecule has 0 aliphatic rings. The zero-order chi connectivity index (χ0) is 45.0. The van der Waals surface area contributed by atoms with Crippen molar-refractivity contribution in [3.63, 3.8) is 0 Å². The van der Waals surface area contributed by atoms with Gasteiger partial charge in [-0.05, 0) is 53.6 Å². The summed E-state index contributed by atoms with van der Waals surface area (Å²) in [5, 5.41) is 4.56. The van der Waals surface area contributed by atoms with Crippen molar-refractivity contribution in [1.29, 1.82) is 0 Å². The van der Waals surface area contributed by atoms with Gasteiger partial charge in [0.05, 0.1) is 50.5 Å². The van der Waals surface area contributed by atoms with Crippen LogP contribution < -0.4 is 0 Å². The Bertz CT molecular complexity index is 3880. The third kappa shape index (κ3) is 6.66. The first-order valence-corrected chi connectivity index (χ1v) is 22.9. The second-order valence-corrected chi connectivity index (χ2v) is 17.0. The van der Waals surface area contributed by atoms with Crippen LogP contribution in [-0.2, 0) is 0 Å². The van der Waals surface area contributed by atoms with E-state index in [2.05, 4.69) is 221 Å². The average molecular weight is 869 g/mol. The van der Waals surface area contributed by atoms with Crippen LogP contribution in [0.15, 0.2) is 243 Å². The molecule has 68 heavy (non-hydrogen) atoms. The standard InChI is InChI=1S/C62H40N6/c1-6-20-41(21-7-1)52-40-53(42-22-8-2-9-23-42)64-62(63-52)68-55-33-19-17-31-49(55)51-39-47(35-37-57(51)68)46-34-36-56-50(38-46)48-30-16-18-32-54(48)67(56)60-58(43-24-10-3-11-25-43)65-61(45-28-14-5-15-29-45)66-59(60)44-26-12-4-13-27-44/h1-40H. The largest absolute Gasteiger partial charge is 0.305 e. The third-order valence-corrected chi connectivity index (χ3v) is 13.0. The van der Waals surface area contributed by atoms with Crippen LogP contribution in [0.3, 0.4) is 0 Å². The second kappa shape index (κ2) is 16.3. The van der Waals surface area contributed by atoms with Crippen molar-refractivity contribution < 1.29 is 0 Å². The molecule has 318 valence electrons. The Morgan fingerprint density at radius 2 is 0.618 bits per heavy atom. The molecule has 0 unspecified atom stereocenters. The van der Waals surface area contributed by atoms with Crippen LogP contribution in [0.1, 0.15) is 0 Å². The first-order valence-electron chi connectivity index (χ1n) is 22.9. The summed E-state index contributed by atoms with van der Waals surface area (Å²) in [5.41, 5.74) is 16.0. The molecular weight excluding hydrogens is 829 g/mol. The number of fused-ring (bicyclic) bond motifs is 6. The van der Waals surface area contributed by atoms with Gasteiger partial charge in [0.1, 0.15) is 0 Å². The minimum atomic E-state index is 0.629. The number of nitrogens with zero attached hydrogens (tertiary/aromatic N) is 6. The van der Waals surface area contributed by atoms with Gasteiger partial charge in [-0.15, -0.1) is 0 Å². The fourth-order valence-electron chi connectivity index (χ4n) is 9.79. The van der Waals surface area contributed by atoms with Gasteiger partial charge in [-0.1, -0.05) is 200 Å². The SMILES string of the molecule is c1ccc(-c2cc(-c3ccccc3)nc(-n3c4ccccc4c4cc(-c5ccc6c(c5)c5ccccc5n6-c5c(-c6ccccc6)nc(-c6ccccc6)nc5-c5ccccc5)ccc43)n2)cc1. The molecule has 4 aromatic heterocycles. The number of benzene rings is 9. The van der Waals surface area contributed by atoms with E-state index in [-0.39, 0.29) is 0 Å². The lowest BCUT2D eigenvalue weighted by Crippen LogP contribution is -2.06. The molecule has 13 rings (SSSR count). The summed E-state index contributed by atoms with van der Waals surface area (Å²) in [6.45, 7) is 0. The molecule has 13 aromatic rings. The molecule has 0 bridgehead atoms. The molecule has 0 aliphatic heterocycles. The molecule has 0 aliphatic carbocycles. The van der Waals surface area contributed by atoms with Crippen LogP contribution in [0.25, 0.3) is 123 Å². The van der Waals surface area contributed by atoms with Gasteiger partial charge in [0.25, 0.3) is 0 Å². The highest BCUT2D eigenvalue weighted by molar-refractivity contribution is 6.13. The molecule has 9 aromatic carbocycles. The quantitative estimate of drug-likeness (QED) is 0.153. The molecule has 4 heterocycles. The zero-order valence-corrected chi connectivity index (χ0v) is 36.8. The first kappa shape index (κ1) is 39.1. The van der Waals surface area contributed by atoms with Crippen LogP contribution >= 0.6 is 0 Å². The molecule has 0 amide bonds. The van der Waals surface area contributed by atoms with Crippen molar-refractivity contribution in [2.24, 2.45) is 0 Å². The Kier molecular flexibility index (Phi) is 9.39. The van der Waals surface area contributed by atoms with Gasteiger partial charge in [-0.3, -0.25) is 4.57 Å². The fraction of sp³-hybridized carbons (Fsp3) is 0. The Morgan fingerprint density at radius 1 is 0.250 bits per heavy atom. The molecule has 0 N–H and O–H groups in total. The Balaban J connectivity index is 1.01. The summed E-state index contributed by atoms with van der Waals surface area (Å²) in [4.78, 5) is 21.3. The molecule has 0 radical (unpaired) electrons. The molecule has 0 fully saturated rings. The number of hydrogen-bond donors (Lipinski definition) is 0. The lowest BCUT2D eigenvalue weighted by Gasteiger charge is -2.19. The van der Waals surface area contributed by atoms with E-state index in [0.29, 0.717) is 11.8 Å². The van der Waals surface area contributed by atoms with E-state index in [1.54, 1.807) is 0 Å². The number of rotatable bonds is 8. The van der Waals surface area contributed by atoms with Crippen LogP contribution in [-0.4, -0.2) is 29.1 Å². The maximum Gasteiger partial charge on any atom is 0.235 e. The van der Waals surface area contributed by atoms with E-state index in [9.17, 15) is 0 Å². The molecule has 6 heteroatoms. The summed E-state index contributed by atoms with van der Waals surface area (Å²) in [5.74, 6) is 1.31. The van der Waals surface area contributed by atoms with Gasteiger partial charge in [0, 0.05) is 49.4 Å².